The number of hydrogen-bond donors (Lipinski definition) is 1. The van der Waals surface area contributed by atoms with Crippen molar-refractivity contribution in [1.29, 1.82) is 0 Å². The highest BCUT2D eigenvalue weighted by molar-refractivity contribution is 7.17. The van der Waals surface area contributed by atoms with Crippen LogP contribution in [0.4, 0.5) is 4.39 Å². The average Bonchev–Trinajstić information content (AvgIpc) is 3.08. The molecule has 27 heavy (non-hydrogen) atoms. The summed E-state index contributed by atoms with van der Waals surface area (Å²) < 4.78 is 13.1. The summed E-state index contributed by atoms with van der Waals surface area (Å²) in [4.78, 5) is 19.1. The van der Waals surface area contributed by atoms with Crippen LogP contribution in [-0.4, -0.2) is 61.5 Å². The Labute approximate surface area is 165 Å². The van der Waals surface area contributed by atoms with E-state index in [9.17, 15) is 9.18 Å². The first-order valence-electron chi connectivity index (χ1n) is 9.66. The lowest BCUT2D eigenvalue weighted by Crippen LogP contribution is -2.46. The quantitative estimate of drug-likeness (QED) is 0.735. The van der Waals surface area contributed by atoms with E-state index in [4.69, 9.17) is 0 Å². The highest BCUT2D eigenvalue weighted by Gasteiger charge is 2.16. The van der Waals surface area contributed by atoms with Gasteiger partial charge in [-0.3, -0.25) is 4.79 Å². The van der Waals surface area contributed by atoms with Crippen molar-refractivity contribution in [2.45, 2.75) is 20.3 Å². The van der Waals surface area contributed by atoms with Crippen LogP contribution < -0.4 is 5.32 Å². The fourth-order valence-electron chi connectivity index (χ4n) is 3.40. The predicted molar refractivity (Wildman–Crippen MR) is 110 cm³/mol. The molecule has 0 bridgehead atoms. The maximum absolute atomic E-state index is 13.1. The molecule has 2 aromatic rings. The van der Waals surface area contributed by atoms with E-state index >= 15 is 0 Å². The van der Waals surface area contributed by atoms with Gasteiger partial charge in [-0.2, -0.15) is 0 Å². The van der Waals surface area contributed by atoms with Crippen LogP contribution in [0, 0.1) is 12.7 Å². The van der Waals surface area contributed by atoms with E-state index in [2.05, 4.69) is 22.0 Å². The van der Waals surface area contributed by atoms with E-state index in [1.165, 1.54) is 23.5 Å². The van der Waals surface area contributed by atoms with Gasteiger partial charge in [0.2, 0.25) is 0 Å². The molecule has 1 N–H and O–H groups in total. The van der Waals surface area contributed by atoms with Crippen molar-refractivity contribution in [2.75, 3.05) is 45.8 Å². The molecule has 3 rings (SSSR count). The van der Waals surface area contributed by atoms with E-state index in [0.717, 1.165) is 61.7 Å². The standard InChI is InChI=1S/C21H28FN3OS/c1-3-24-11-13-25(14-12-24)10-4-9-23-21(26)19-15-16(2)20(27-19)17-5-7-18(22)8-6-17/h5-8,15H,3-4,9-14H2,1-2H3,(H,23,26). The van der Waals surface area contributed by atoms with Crippen molar-refractivity contribution in [3.63, 3.8) is 0 Å². The fraction of sp³-hybridized carbons (Fsp3) is 0.476. The van der Waals surface area contributed by atoms with Crippen molar-refractivity contribution in [3.8, 4) is 10.4 Å². The van der Waals surface area contributed by atoms with Gasteiger partial charge in [-0.15, -0.1) is 11.3 Å². The van der Waals surface area contributed by atoms with Gasteiger partial charge in [0.05, 0.1) is 4.88 Å². The van der Waals surface area contributed by atoms with Crippen molar-refractivity contribution < 1.29 is 9.18 Å². The molecule has 1 amide bonds. The summed E-state index contributed by atoms with van der Waals surface area (Å²) in [5.74, 6) is -0.269. The summed E-state index contributed by atoms with van der Waals surface area (Å²) in [6, 6.07) is 8.34. The number of nitrogens with one attached hydrogen (secondary N) is 1. The number of thiophene rings is 1. The highest BCUT2D eigenvalue weighted by atomic mass is 32.1. The first-order valence-corrected chi connectivity index (χ1v) is 10.5. The second-order valence-electron chi connectivity index (χ2n) is 7.02. The largest absolute Gasteiger partial charge is 0.351 e. The minimum Gasteiger partial charge on any atom is -0.351 e. The molecule has 1 fully saturated rings. The van der Waals surface area contributed by atoms with Crippen molar-refractivity contribution in [3.05, 3.63) is 46.6 Å². The molecular formula is C21H28FN3OS. The molecule has 0 saturated carbocycles. The van der Waals surface area contributed by atoms with E-state index in [1.807, 2.05) is 13.0 Å². The zero-order valence-corrected chi connectivity index (χ0v) is 16.9. The minimum atomic E-state index is -0.248. The lowest BCUT2D eigenvalue weighted by molar-refractivity contribution is 0.0952. The first-order chi connectivity index (χ1) is 13.1. The number of carbonyl (C=O) groups excluding carboxylic acids is 1. The molecule has 1 saturated heterocycles. The number of halogens is 1. The maximum atomic E-state index is 13.1. The molecule has 4 nitrogen and oxygen atoms in total. The molecule has 1 aliphatic rings. The summed E-state index contributed by atoms with van der Waals surface area (Å²) >= 11 is 1.46. The molecule has 0 radical (unpaired) electrons. The number of benzene rings is 1. The minimum absolute atomic E-state index is 0.0211. The van der Waals surface area contributed by atoms with Gasteiger partial charge in [-0.05, 0) is 55.8 Å². The zero-order chi connectivity index (χ0) is 19.2. The van der Waals surface area contributed by atoms with Crippen molar-refractivity contribution in [1.82, 2.24) is 15.1 Å². The smallest absolute Gasteiger partial charge is 0.261 e. The lowest BCUT2D eigenvalue weighted by atomic mass is 10.1. The summed E-state index contributed by atoms with van der Waals surface area (Å²) in [5.41, 5.74) is 2.00. The Balaban J connectivity index is 1.46. The number of piperazine rings is 1. The van der Waals surface area contributed by atoms with E-state index in [-0.39, 0.29) is 11.7 Å². The molecule has 146 valence electrons. The van der Waals surface area contributed by atoms with Crippen molar-refractivity contribution in [2.24, 2.45) is 0 Å². The summed E-state index contributed by atoms with van der Waals surface area (Å²) in [7, 11) is 0. The number of hydrogen-bond acceptors (Lipinski definition) is 4. The Morgan fingerprint density at radius 3 is 2.48 bits per heavy atom. The average molecular weight is 390 g/mol. The number of aryl methyl sites for hydroxylation is 1. The van der Waals surface area contributed by atoms with Gasteiger partial charge in [0.15, 0.2) is 0 Å². The van der Waals surface area contributed by atoms with Gasteiger partial charge >= 0.3 is 0 Å². The molecule has 1 aromatic carbocycles. The Morgan fingerprint density at radius 1 is 1.15 bits per heavy atom. The third-order valence-electron chi connectivity index (χ3n) is 5.10. The van der Waals surface area contributed by atoms with Gasteiger partial charge in [0.1, 0.15) is 5.82 Å². The molecule has 0 aliphatic carbocycles. The van der Waals surface area contributed by atoms with E-state index in [1.54, 1.807) is 12.1 Å². The van der Waals surface area contributed by atoms with E-state index in [0.29, 0.717) is 11.4 Å². The molecule has 0 atom stereocenters. The van der Waals surface area contributed by atoms with Gasteiger partial charge in [0, 0.05) is 37.6 Å². The molecular weight excluding hydrogens is 361 g/mol. The maximum Gasteiger partial charge on any atom is 0.261 e. The van der Waals surface area contributed by atoms with Crippen molar-refractivity contribution >= 4 is 17.2 Å². The molecule has 0 unspecified atom stereocenters. The summed E-state index contributed by atoms with van der Waals surface area (Å²) in [5, 5.41) is 3.03. The Hall–Kier alpha value is -1.76. The summed E-state index contributed by atoms with van der Waals surface area (Å²) in [6.07, 6.45) is 0.965. The monoisotopic (exact) mass is 389 g/mol. The Morgan fingerprint density at radius 2 is 1.81 bits per heavy atom. The topological polar surface area (TPSA) is 35.6 Å². The molecule has 6 heteroatoms. The van der Waals surface area contributed by atoms with Crippen LogP contribution in [0.1, 0.15) is 28.6 Å². The number of likely N-dealkylation sites (N-methyl/N-ethyl adjacent to an activating group) is 1. The lowest BCUT2D eigenvalue weighted by Gasteiger charge is -2.33. The SMILES string of the molecule is CCN1CCN(CCCNC(=O)c2cc(C)c(-c3ccc(F)cc3)s2)CC1. The van der Waals surface area contributed by atoms with Crippen LogP contribution in [0.3, 0.4) is 0 Å². The van der Waals surface area contributed by atoms with Crippen LogP contribution in [0.25, 0.3) is 10.4 Å². The molecule has 0 spiro atoms. The second-order valence-corrected chi connectivity index (χ2v) is 8.07. The highest BCUT2D eigenvalue weighted by Crippen LogP contribution is 2.32. The number of nitrogens with zero attached hydrogens (tertiary/aromatic N) is 2. The Kier molecular flexibility index (Phi) is 6.99. The molecule has 2 heterocycles. The van der Waals surface area contributed by atoms with Gasteiger partial charge in [0.25, 0.3) is 5.91 Å². The predicted octanol–water partition coefficient (Wildman–Crippen LogP) is 3.62. The summed E-state index contributed by atoms with van der Waals surface area (Å²) in [6.45, 7) is 11.6. The molecule has 1 aromatic heterocycles. The fourth-order valence-corrected chi connectivity index (χ4v) is 4.50. The van der Waals surface area contributed by atoms with Crippen LogP contribution >= 0.6 is 11.3 Å². The van der Waals surface area contributed by atoms with Crippen LogP contribution in [0.2, 0.25) is 0 Å². The number of rotatable bonds is 7. The van der Waals surface area contributed by atoms with Crippen LogP contribution in [0.5, 0.6) is 0 Å². The third kappa shape index (κ3) is 5.37. The van der Waals surface area contributed by atoms with E-state index < -0.39 is 0 Å². The van der Waals surface area contributed by atoms with Crippen LogP contribution in [-0.2, 0) is 0 Å². The normalized spacial score (nSPS) is 15.8. The number of carbonyl (C=O) groups is 1. The first kappa shape index (κ1) is 20.0. The van der Waals surface area contributed by atoms with Gasteiger partial charge < -0.3 is 15.1 Å². The Bertz CT molecular complexity index is 751. The second kappa shape index (κ2) is 9.44. The third-order valence-corrected chi connectivity index (χ3v) is 6.38. The van der Waals surface area contributed by atoms with Gasteiger partial charge in [-0.1, -0.05) is 19.1 Å². The van der Waals surface area contributed by atoms with Gasteiger partial charge in [-0.25, -0.2) is 4.39 Å². The molecule has 1 aliphatic heterocycles. The number of amides is 1. The van der Waals surface area contributed by atoms with Crippen LogP contribution in [0.15, 0.2) is 30.3 Å². The zero-order valence-electron chi connectivity index (χ0n) is 16.1.